The quantitative estimate of drug-likeness (QED) is 0.603. The molecule has 4 rings (SSSR count). The van der Waals surface area contributed by atoms with Crippen LogP contribution >= 0.6 is 11.3 Å². The first kappa shape index (κ1) is 21.1. The van der Waals surface area contributed by atoms with Gasteiger partial charge in [-0.1, -0.05) is 12.1 Å². The highest BCUT2D eigenvalue weighted by Crippen LogP contribution is 2.24. The van der Waals surface area contributed by atoms with Gasteiger partial charge in [-0.25, -0.2) is 0 Å². The number of nitrogens with zero attached hydrogens (tertiary/aromatic N) is 2. The lowest BCUT2D eigenvalue weighted by atomic mass is 10.2. The van der Waals surface area contributed by atoms with Gasteiger partial charge in [0.15, 0.2) is 5.76 Å². The summed E-state index contributed by atoms with van der Waals surface area (Å²) in [4.78, 5) is 29.8. The average molecular weight is 440 g/mol. The molecule has 7 nitrogen and oxygen atoms in total. The predicted octanol–water partition coefficient (Wildman–Crippen LogP) is 3.95. The highest BCUT2D eigenvalue weighted by atomic mass is 32.1. The number of furan rings is 1. The van der Waals surface area contributed by atoms with E-state index in [1.807, 2.05) is 24.0 Å². The van der Waals surface area contributed by atoms with Crippen molar-refractivity contribution in [2.45, 2.75) is 13.5 Å². The Kier molecular flexibility index (Phi) is 6.69. The molecular weight excluding hydrogens is 414 g/mol. The van der Waals surface area contributed by atoms with E-state index in [2.05, 4.69) is 22.3 Å². The summed E-state index contributed by atoms with van der Waals surface area (Å²) in [6.45, 7) is 6.51. The van der Waals surface area contributed by atoms with Crippen molar-refractivity contribution in [2.75, 3.05) is 38.1 Å². The highest BCUT2D eigenvalue weighted by molar-refractivity contribution is 7.18. The van der Waals surface area contributed by atoms with Gasteiger partial charge >= 0.3 is 0 Å². The van der Waals surface area contributed by atoms with E-state index in [0.717, 1.165) is 25.4 Å². The zero-order valence-corrected chi connectivity index (χ0v) is 18.2. The summed E-state index contributed by atoms with van der Waals surface area (Å²) in [5, 5.41) is 3.39. The number of nitrogens with one attached hydrogen (secondary N) is 1. The van der Waals surface area contributed by atoms with Gasteiger partial charge in [0.05, 0.1) is 22.7 Å². The van der Waals surface area contributed by atoms with Crippen LogP contribution in [0.4, 0.5) is 5.00 Å². The standard InChI is InChI=1S/C23H25N3O4S/c1-2-29-18-7-5-17(6-8-18)16-25-11-13-26(14-12-25)23(28)20-9-10-21(31-20)24-22(27)19-4-3-15-30-19/h3-10,15H,2,11-14,16H2,1H3,(H,24,27). The largest absolute Gasteiger partial charge is 0.494 e. The SMILES string of the molecule is CCOc1ccc(CN2CCN(C(=O)c3ccc(NC(=O)c4ccco4)s3)CC2)cc1. The molecule has 0 atom stereocenters. The third-order valence-electron chi connectivity index (χ3n) is 5.10. The summed E-state index contributed by atoms with van der Waals surface area (Å²) in [5.74, 6) is 0.806. The van der Waals surface area contributed by atoms with E-state index in [1.165, 1.54) is 23.2 Å². The molecule has 8 heteroatoms. The normalized spacial score (nSPS) is 14.4. The van der Waals surface area contributed by atoms with Crippen molar-refractivity contribution < 1.29 is 18.7 Å². The van der Waals surface area contributed by atoms with Crippen LogP contribution < -0.4 is 10.1 Å². The third kappa shape index (κ3) is 5.34. The van der Waals surface area contributed by atoms with E-state index in [4.69, 9.17) is 9.15 Å². The molecule has 0 aliphatic carbocycles. The molecule has 31 heavy (non-hydrogen) atoms. The van der Waals surface area contributed by atoms with Crippen molar-refractivity contribution in [3.63, 3.8) is 0 Å². The van der Waals surface area contributed by atoms with Gasteiger partial charge in [0.1, 0.15) is 5.75 Å². The zero-order chi connectivity index (χ0) is 21.6. The molecule has 3 heterocycles. The Morgan fingerprint density at radius 1 is 1.06 bits per heavy atom. The van der Waals surface area contributed by atoms with Crippen LogP contribution in [-0.2, 0) is 6.54 Å². The molecule has 2 amide bonds. The zero-order valence-electron chi connectivity index (χ0n) is 17.4. The second-order valence-corrected chi connectivity index (χ2v) is 8.32. The lowest BCUT2D eigenvalue weighted by Crippen LogP contribution is -2.48. The van der Waals surface area contributed by atoms with Gasteiger partial charge in [-0.05, 0) is 48.9 Å². The molecule has 0 saturated carbocycles. The number of amides is 2. The summed E-state index contributed by atoms with van der Waals surface area (Å²) >= 11 is 1.28. The number of hydrogen-bond acceptors (Lipinski definition) is 6. The van der Waals surface area contributed by atoms with Gasteiger partial charge in [-0.3, -0.25) is 14.5 Å². The monoisotopic (exact) mass is 439 g/mol. The molecule has 3 aromatic rings. The second-order valence-electron chi connectivity index (χ2n) is 7.24. The van der Waals surface area contributed by atoms with Gasteiger partial charge in [0, 0.05) is 32.7 Å². The fourth-order valence-corrected chi connectivity index (χ4v) is 4.35. The maximum atomic E-state index is 12.9. The van der Waals surface area contributed by atoms with Crippen LogP contribution in [-0.4, -0.2) is 54.4 Å². The Bertz CT molecular complexity index is 1010. The van der Waals surface area contributed by atoms with Gasteiger partial charge in [-0.2, -0.15) is 0 Å². The summed E-state index contributed by atoms with van der Waals surface area (Å²) in [7, 11) is 0. The molecule has 1 aromatic carbocycles. The minimum absolute atomic E-state index is 0.00390. The summed E-state index contributed by atoms with van der Waals surface area (Å²) < 4.78 is 10.6. The predicted molar refractivity (Wildman–Crippen MR) is 120 cm³/mol. The smallest absolute Gasteiger partial charge is 0.291 e. The van der Waals surface area contributed by atoms with Crippen LogP contribution in [0.1, 0.15) is 32.7 Å². The minimum Gasteiger partial charge on any atom is -0.494 e. The lowest BCUT2D eigenvalue weighted by molar-refractivity contribution is 0.0633. The molecule has 1 N–H and O–H groups in total. The third-order valence-corrected chi connectivity index (χ3v) is 6.09. The first-order valence-electron chi connectivity index (χ1n) is 10.3. The second kappa shape index (κ2) is 9.80. The fraction of sp³-hybridized carbons (Fsp3) is 0.304. The molecule has 1 fully saturated rings. The molecule has 162 valence electrons. The maximum absolute atomic E-state index is 12.9. The van der Waals surface area contributed by atoms with E-state index in [0.29, 0.717) is 29.6 Å². The summed E-state index contributed by atoms with van der Waals surface area (Å²) in [5.41, 5.74) is 1.23. The molecule has 1 aliphatic heterocycles. The Balaban J connectivity index is 1.27. The van der Waals surface area contributed by atoms with Crippen molar-refractivity contribution >= 4 is 28.2 Å². The van der Waals surface area contributed by atoms with E-state index in [9.17, 15) is 9.59 Å². The number of thiophene rings is 1. The number of carbonyl (C=O) groups excluding carboxylic acids is 2. The van der Waals surface area contributed by atoms with Gasteiger partial charge in [0.2, 0.25) is 0 Å². The topological polar surface area (TPSA) is 75.0 Å². The molecule has 0 radical (unpaired) electrons. The lowest BCUT2D eigenvalue weighted by Gasteiger charge is -2.34. The molecular formula is C23H25N3O4S. The molecule has 1 aliphatic rings. The van der Waals surface area contributed by atoms with Crippen LogP contribution in [0.5, 0.6) is 5.75 Å². The average Bonchev–Trinajstić information content (AvgIpc) is 3.48. The molecule has 0 unspecified atom stereocenters. The molecule has 0 spiro atoms. The molecule has 2 aromatic heterocycles. The van der Waals surface area contributed by atoms with Gasteiger partial charge in [0.25, 0.3) is 11.8 Å². The van der Waals surface area contributed by atoms with Crippen molar-refractivity contribution in [3.8, 4) is 5.75 Å². The first-order valence-corrected chi connectivity index (χ1v) is 11.1. The number of rotatable bonds is 7. The van der Waals surface area contributed by atoms with Gasteiger partial charge in [-0.15, -0.1) is 11.3 Å². The highest BCUT2D eigenvalue weighted by Gasteiger charge is 2.23. The molecule has 1 saturated heterocycles. The summed E-state index contributed by atoms with van der Waals surface area (Å²) in [6.07, 6.45) is 1.45. The van der Waals surface area contributed by atoms with Crippen molar-refractivity contribution in [2.24, 2.45) is 0 Å². The Morgan fingerprint density at radius 3 is 2.52 bits per heavy atom. The van der Waals surface area contributed by atoms with Crippen molar-refractivity contribution in [1.82, 2.24) is 9.80 Å². The van der Waals surface area contributed by atoms with Crippen LogP contribution in [0.15, 0.2) is 59.2 Å². The summed E-state index contributed by atoms with van der Waals surface area (Å²) in [6, 6.07) is 14.9. The Labute approximate surface area is 185 Å². The van der Waals surface area contributed by atoms with Crippen molar-refractivity contribution in [1.29, 1.82) is 0 Å². The molecule has 0 bridgehead atoms. The van der Waals surface area contributed by atoms with E-state index >= 15 is 0 Å². The number of anilines is 1. The Hall–Kier alpha value is -3.10. The number of benzene rings is 1. The van der Waals surface area contributed by atoms with Crippen LogP contribution in [0.25, 0.3) is 0 Å². The number of hydrogen-bond donors (Lipinski definition) is 1. The fourth-order valence-electron chi connectivity index (χ4n) is 3.48. The van der Waals surface area contributed by atoms with E-state index < -0.39 is 0 Å². The van der Waals surface area contributed by atoms with Crippen molar-refractivity contribution in [3.05, 3.63) is 71.0 Å². The van der Waals surface area contributed by atoms with Crippen LogP contribution in [0, 0.1) is 0 Å². The van der Waals surface area contributed by atoms with Crippen LogP contribution in [0.3, 0.4) is 0 Å². The van der Waals surface area contributed by atoms with E-state index in [-0.39, 0.29) is 17.6 Å². The number of carbonyl (C=O) groups is 2. The Morgan fingerprint density at radius 2 is 1.84 bits per heavy atom. The van der Waals surface area contributed by atoms with E-state index in [1.54, 1.807) is 24.3 Å². The minimum atomic E-state index is -0.325. The maximum Gasteiger partial charge on any atom is 0.291 e. The van der Waals surface area contributed by atoms with Crippen LogP contribution in [0.2, 0.25) is 0 Å². The van der Waals surface area contributed by atoms with Gasteiger partial charge < -0.3 is 19.4 Å². The number of ether oxygens (including phenoxy) is 1. The number of piperazine rings is 1. The first-order chi connectivity index (χ1) is 15.1.